The molecule has 0 fully saturated rings. The highest BCUT2D eigenvalue weighted by Crippen LogP contribution is 2.30. The molecular weight excluding hydrogens is 371 g/mol. The number of carbonyl (C=O) groups excluding carboxylic acids is 1. The lowest BCUT2D eigenvalue weighted by Gasteiger charge is -2.17. The Morgan fingerprint density at radius 3 is 2.42 bits per heavy atom. The third-order valence-electron chi connectivity index (χ3n) is 3.71. The fraction of sp³-hybridized carbons (Fsp3) is 0.105. The SMILES string of the molecule is CN(Cc1ccccc1)C(=O)c1cnc(Nc2cccc(Cl)c2Cl)nc1. The minimum absolute atomic E-state index is 0.152. The Morgan fingerprint density at radius 1 is 1.04 bits per heavy atom. The van der Waals surface area contributed by atoms with Gasteiger partial charge in [0.15, 0.2) is 0 Å². The Morgan fingerprint density at radius 2 is 1.73 bits per heavy atom. The molecule has 26 heavy (non-hydrogen) atoms. The molecule has 0 atom stereocenters. The zero-order chi connectivity index (χ0) is 18.5. The normalized spacial score (nSPS) is 10.4. The van der Waals surface area contributed by atoms with Crippen LogP contribution in [0, 0.1) is 0 Å². The zero-order valence-corrected chi connectivity index (χ0v) is 15.5. The summed E-state index contributed by atoms with van der Waals surface area (Å²) in [5, 5.41) is 3.81. The number of anilines is 2. The molecule has 0 saturated heterocycles. The number of hydrogen-bond acceptors (Lipinski definition) is 4. The highest BCUT2D eigenvalue weighted by atomic mass is 35.5. The highest BCUT2D eigenvalue weighted by Gasteiger charge is 2.13. The number of carbonyl (C=O) groups is 1. The molecule has 0 radical (unpaired) electrons. The second-order valence-electron chi connectivity index (χ2n) is 5.67. The molecule has 1 heterocycles. The van der Waals surface area contributed by atoms with Crippen LogP contribution in [0.3, 0.4) is 0 Å². The second-order valence-corrected chi connectivity index (χ2v) is 6.45. The number of rotatable bonds is 5. The summed E-state index contributed by atoms with van der Waals surface area (Å²) in [6.45, 7) is 0.512. The van der Waals surface area contributed by atoms with Gasteiger partial charge in [-0.05, 0) is 17.7 Å². The average molecular weight is 387 g/mol. The summed E-state index contributed by atoms with van der Waals surface area (Å²) in [6.07, 6.45) is 2.97. The molecule has 3 aromatic rings. The van der Waals surface area contributed by atoms with Crippen molar-refractivity contribution in [2.24, 2.45) is 0 Å². The molecule has 132 valence electrons. The van der Waals surface area contributed by atoms with Crippen LogP contribution in [0.1, 0.15) is 15.9 Å². The van der Waals surface area contributed by atoms with Crippen LogP contribution in [0.2, 0.25) is 10.0 Å². The van der Waals surface area contributed by atoms with E-state index in [0.717, 1.165) is 5.56 Å². The summed E-state index contributed by atoms with van der Waals surface area (Å²) in [5.74, 6) is 0.178. The number of nitrogens with one attached hydrogen (secondary N) is 1. The number of halogens is 2. The molecule has 5 nitrogen and oxygen atoms in total. The molecule has 1 aromatic heterocycles. The molecule has 3 rings (SSSR count). The summed E-state index contributed by atoms with van der Waals surface area (Å²) in [5.41, 5.74) is 2.06. The van der Waals surface area contributed by atoms with Gasteiger partial charge in [-0.1, -0.05) is 59.6 Å². The molecule has 0 bridgehead atoms. The van der Waals surface area contributed by atoms with Crippen LogP contribution in [0.5, 0.6) is 0 Å². The topological polar surface area (TPSA) is 58.1 Å². The van der Waals surface area contributed by atoms with Crippen molar-refractivity contribution in [3.8, 4) is 0 Å². The van der Waals surface area contributed by atoms with Crippen molar-refractivity contribution in [2.45, 2.75) is 6.54 Å². The van der Waals surface area contributed by atoms with Crippen LogP contribution in [0.4, 0.5) is 11.6 Å². The minimum Gasteiger partial charge on any atom is -0.337 e. The van der Waals surface area contributed by atoms with Gasteiger partial charge in [-0.25, -0.2) is 9.97 Å². The second kappa shape index (κ2) is 8.17. The van der Waals surface area contributed by atoms with E-state index >= 15 is 0 Å². The molecule has 0 saturated carbocycles. The molecule has 1 N–H and O–H groups in total. The number of hydrogen-bond donors (Lipinski definition) is 1. The van der Waals surface area contributed by atoms with Gasteiger partial charge in [0, 0.05) is 26.0 Å². The van der Waals surface area contributed by atoms with E-state index in [1.165, 1.54) is 12.4 Å². The van der Waals surface area contributed by atoms with E-state index in [1.807, 2.05) is 30.3 Å². The van der Waals surface area contributed by atoms with E-state index in [-0.39, 0.29) is 5.91 Å². The molecule has 7 heteroatoms. The summed E-state index contributed by atoms with van der Waals surface area (Å²) in [4.78, 5) is 22.5. The lowest BCUT2D eigenvalue weighted by atomic mass is 10.2. The highest BCUT2D eigenvalue weighted by molar-refractivity contribution is 6.43. The standard InChI is InChI=1S/C19H16Cl2N4O/c1-25(12-13-6-3-2-4-7-13)18(26)14-10-22-19(23-11-14)24-16-9-5-8-15(20)17(16)21/h2-11H,12H2,1H3,(H,22,23,24). The first-order chi connectivity index (χ1) is 12.5. The minimum atomic E-state index is -0.152. The third-order valence-corrected chi connectivity index (χ3v) is 4.53. The van der Waals surface area contributed by atoms with Gasteiger partial charge >= 0.3 is 0 Å². The van der Waals surface area contributed by atoms with E-state index in [9.17, 15) is 4.79 Å². The maximum Gasteiger partial charge on any atom is 0.257 e. The molecule has 0 aliphatic carbocycles. The van der Waals surface area contributed by atoms with Crippen molar-refractivity contribution in [2.75, 3.05) is 12.4 Å². The molecule has 0 unspecified atom stereocenters. The Labute approximate surface area is 161 Å². The first kappa shape index (κ1) is 18.2. The number of nitrogens with zero attached hydrogens (tertiary/aromatic N) is 3. The molecule has 0 spiro atoms. The van der Waals surface area contributed by atoms with Gasteiger partial charge < -0.3 is 10.2 Å². The van der Waals surface area contributed by atoms with Gasteiger partial charge in [-0.15, -0.1) is 0 Å². The number of amides is 1. The van der Waals surface area contributed by atoms with Gasteiger partial charge in [0.2, 0.25) is 5.95 Å². The maximum absolute atomic E-state index is 12.5. The molecule has 0 aliphatic heterocycles. The first-order valence-corrected chi connectivity index (χ1v) is 8.62. The van der Waals surface area contributed by atoms with Crippen molar-refractivity contribution < 1.29 is 4.79 Å². The van der Waals surface area contributed by atoms with Gasteiger partial charge in [-0.3, -0.25) is 4.79 Å². The van der Waals surface area contributed by atoms with Crippen molar-refractivity contribution >= 4 is 40.7 Å². The van der Waals surface area contributed by atoms with E-state index in [4.69, 9.17) is 23.2 Å². The quantitative estimate of drug-likeness (QED) is 0.683. The predicted molar refractivity (Wildman–Crippen MR) is 104 cm³/mol. The Hall–Kier alpha value is -2.63. The number of aromatic nitrogens is 2. The Balaban J connectivity index is 1.68. The Kier molecular flexibility index (Phi) is 5.71. The lowest BCUT2D eigenvalue weighted by molar-refractivity contribution is 0.0784. The van der Waals surface area contributed by atoms with Crippen LogP contribution >= 0.6 is 23.2 Å². The lowest BCUT2D eigenvalue weighted by Crippen LogP contribution is -2.26. The van der Waals surface area contributed by atoms with Gasteiger partial charge in [-0.2, -0.15) is 0 Å². The summed E-state index contributed by atoms with van der Waals surface area (Å²) in [6, 6.07) is 15.0. The molecule has 0 aliphatic rings. The predicted octanol–water partition coefficient (Wildman–Crippen LogP) is 4.80. The van der Waals surface area contributed by atoms with E-state index in [0.29, 0.717) is 33.8 Å². The van der Waals surface area contributed by atoms with Crippen LogP contribution < -0.4 is 5.32 Å². The van der Waals surface area contributed by atoms with Gasteiger partial charge in [0.1, 0.15) is 0 Å². The fourth-order valence-corrected chi connectivity index (χ4v) is 2.72. The maximum atomic E-state index is 12.5. The van der Waals surface area contributed by atoms with Crippen LogP contribution in [-0.4, -0.2) is 27.8 Å². The third kappa shape index (κ3) is 4.31. The number of benzene rings is 2. The fourth-order valence-electron chi connectivity index (χ4n) is 2.37. The Bertz CT molecular complexity index is 901. The first-order valence-electron chi connectivity index (χ1n) is 7.87. The van der Waals surface area contributed by atoms with Crippen LogP contribution in [-0.2, 0) is 6.54 Å². The smallest absolute Gasteiger partial charge is 0.257 e. The largest absolute Gasteiger partial charge is 0.337 e. The summed E-state index contributed by atoms with van der Waals surface area (Å²) >= 11 is 12.1. The van der Waals surface area contributed by atoms with Crippen molar-refractivity contribution in [3.05, 3.63) is 82.1 Å². The zero-order valence-electron chi connectivity index (χ0n) is 14.0. The summed E-state index contributed by atoms with van der Waals surface area (Å²) in [7, 11) is 1.74. The molecular formula is C19H16Cl2N4O. The molecule has 2 aromatic carbocycles. The van der Waals surface area contributed by atoms with E-state index in [1.54, 1.807) is 30.1 Å². The van der Waals surface area contributed by atoms with Gasteiger partial charge in [0.25, 0.3) is 5.91 Å². The van der Waals surface area contributed by atoms with Crippen molar-refractivity contribution in [1.82, 2.24) is 14.9 Å². The van der Waals surface area contributed by atoms with E-state index < -0.39 is 0 Å². The van der Waals surface area contributed by atoms with Crippen LogP contribution in [0.25, 0.3) is 0 Å². The van der Waals surface area contributed by atoms with E-state index in [2.05, 4.69) is 15.3 Å². The van der Waals surface area contributed by atoms with Crippen molar-refractivity contribution in [1.29, 1.82) is 0 Å². The average Bonchev–Trinajstić information content (AvgIpc) is 2.66. The molecule has 1 amide bonds. The van der Waals surface area contributed by atoms with Crippen molar-refractivity contribution in [3.63, 3.8) is 0 Å². The van der Waals surface area contributed by atoms with Gasteiger partial charge in [0.05, 0.1) is 21.3 Å². The van der Waals surface area contributed by atoms with Crippen LogP contribution in [0.15, 0.2) is 60.9 Å². The monoisotopic (exact) mass is 386 g/mol. The summed E-state index contributed by atoms with van der Waals surface area (Å²) < 4.78 is 0.